The van der Waals surface area contributed by atoms with E-state index in [-0.39, 0.29) is 24.5 Å². The molecule has 4 amide bonds. The van der Waals surface area contributed by atoms with Gasteiger partial charge in [-0.15, -0.1) is 0 Å². The van der Waals surface area contributed by atoms with E-state index in [1.165, 1.54) is 23.9 Å². The number of hydrogen-bond acceptors (Lipinski definition) is 6. The van der Waals surface area contributed by atoms with Gasteiger partial charge in [0.15, 0.2) is 0 Å². The van der Waals surface area contributed by atoms with Gasteiger partial charge in [0.2, 0.25) is 17.7 Å². The molecule has 2 atom stereocenters. The Labute approximate surface area is 189 Å². The van der Waals surface area contributed by atoms with Crippen molar-refractivity contribution in [2.24, 2.45) is 5.73 Å². The number of benzene rings is 2. The SMILES string of the molecule is NC(=O)[C@@H]1CSCc2ccccc2C(=O)N[C@@H](Cc2ccc(O)cc2)C(=O)NCC(=O)N1. The highest BCUT2D eigenvalue weighted by Crippen LogP contribution is 2.18. The summed E-state index contributed by atoms with van der Waals surface area (Å²) >= 11 is 1.36. The summed E-state index contributed by atoms with van der Waals surface area (Å²) in [5, 5.41) is 17.3. The fourth-order valence-electron chi connectivity index (χ4n) is 3.20. The molecule has 3 rings (SSSR count). The second-order valence-electron chi connectivity index (χ2n) is 7.31. The number of carbonyl (C=O) groups excluding carboxylic acids is 4. The van der Waals surface area contributed by atoms with Crippen LogP contribution in [-0.2, 0) is 26.6 Å². The number of aromatic hydroxyl groups is 1. The normalized spacial score (nSPS) is 20.2. The molecule has 0 fully saturated rings. The fraction of sp³-hybridized carbons (Fsp3) is 0.273. The van der Waals surface area contributed by atoms with E-state index in [4.69, 9.17) is 5.73 Å². The first kappa shape index (κ1) is 23.1. The van der Waals surface area contributed by atoms with Crippen molar-refractivity contribution < 1.29 is 24.3 Å². The van der Waals surface area contributed by atoms with Crippen LogP contribution in [0, 0.1) is 0 Å². The number of fused-ring (bicyclic) bond motifs is 1. The topological polar surface area (TPSA) is 151 Å². The maximum Gasteiger partial charge on any atom is 0.252 e. The van der Waals surface area contributed by atoms with Crippen molar-refractivity contribution in [1.82, 2.24) is 16.0 Å². The van der Waals surface area contributed by atoms with Crippen molar-refractivity contribution >= 4 is 35.4 Å². The zero-order valence-electron chi connectivity index (χ0n) is 17.2. The lowest BCUT2D eigenvalue weighted by Crippen LogP contribution is -2.53. The molecule has 2 aromatic carbocycles. The first-order valence-corrected chi connectivity index (χ1v) is 11.1. The van der Waals surface area contributed by atoms with Gasteiger partial charge in [-0.1, -0.05) is 30.3 Å². The van der Waals surface area contributed by atoms with Crippen LogP contribution >= 0.6 is 11.8 Å². The molecule has 0 radical (unpaired) electrons. The highest BCUT2D eigenvalue weighted by Gasteiger charge is 2.25. The molecule has 1 aliphatic heterocycles. The summed E-state index contributed by atoms with van der Waals surface area (Å²) < 4.78 is 0. The van der Waals surface area contributed by atoms with Crippen LogP contribution in [0.5, 0.6) is 5.75 Å². The predicted octanol–water partition coefficient (Wildman–Crippen LogP) is 0.0664. The maximum atomic E-state index is 13.0. The Bertz CT molecular complexity index is 1010. The smallest absolute Gasteiger partial charge is 0.252 e. The number of primary amides is 1. The van der Waals surface area contributed by atoms with Gasteiger partial charge < -0.3 is 26.8 Å². The molecule has 2 aromatic rings. The van der Waals surface area contributed by atoms with Crippen LogP contribution in [-0.4, -0.2) is 53.1 Å². The van der Waals surface area contributed by atoms with Gasteiger partial charge in [0.05, 0.1) is 6.54 Å². The number of phenolic OH excluding ortho intramolecular Hbond substituents is 1. The lowest BCUT2D eigenvalue weighted by atomic mass is 10.0. The quantitative estimate of drug-likeness (QED) is 0.441. The van der Waals surface area contributed by atoms with Crippen LogP contribution in [0.1, 0.15) is 21.5 Å². The van der Waals surface area contributed by atoms with E-state index in [0.29, 0.717) is 16.9 Å². The molecule has 10 heteroatoms. The molecular weight excluding hydrogens is 432 g/mol. The number of rotatable bonds is 3. The first-order chi connectivity index (χ1) is 15.3. The van der Waals surface area contributed by atoms with Gasteiger partial charge in [0.1, 0.15) is 17.8 Å². The molecule has 9 nitrogen and oxygen atoms in total. The number of carbonyl (C=O) groups is 4. The van der Waals surface area contributed by atoms with E-state index >= 15 is 0 Å². The first-order valence-electron chi connectivity index (χ1n) is 9.94. The van der Waals surface area contributed by atoms with E-state index in [9.17, 15) is 24.3 Å². The molecular formula is C22H24N4O5S. The van der Waals surface area contributed by atoms with Crippen LogP contribution in [0.2, 0.25) is 0 Å². The molecule has 0 unspecified atom stereocenters. The second-order valence-corrected chi connectivity index (χ2v) is 8.34. The molecule has 168 valence electrons. The zero-order valence-corrected chi connectivity index (χ0v) is 18.0. The highest BCUT2D eigenvalue weighted by molar-refractivity contribution is 7.98. The average Bonchev–Trinajstić information content (AvgIpc) is 2.77. The molecule has 0 spiro atoms. The number of amides is 4. The summed E-state index contributed by atoms with van der Waals surface area (Å²) in [6.07, 6.45) is 0.153. The lowest BCUT2D eigenvalue weighted by Gasteiger charge is -2.21. The number of phenols is 1. The minimum absolute atomic E-state index is 0.0837. The van der Waals surface area contributed by atoms with Crippen LogP contribution < -0.4 is 21.7 Å². The van der Waals surface area contributed by atoms with Crippen LogP contribution in [0.3, 0.4) is 0 Å². The van der Waals surface area contributed by atoms with Gasteiger partial charge in [-0.25, -0.2) is 0 Å². The zero-order chi connectivity index (χ0) is 23.1. The van der Waals surface area contributed by atoms with E-state index in [1.54, 1.807) is 36.4 Å². The minimum Gasteiger partial charge on any atom is -0.508 e. The molecule has 0 saturated carbocycles. The average molecular weight is 457 g/mol. The maximum absolute atomic E-state index is 13.0. The van der Waals surface area contributed by atoms with Crippen molar-refractivity contribution in [3.63, 3.8) is 0 Å². The van der Waals surface area contributed by atoms with E-state index in [0.717, 1.165) is 5.56 Å². The Morgan fingerprint density at radius 2 is 1.78 bits per heavy atom. The lowest BCUT2D eigenvalue weighted by molar-refractivity contribution is -0.129. The Hall–Kier alpha value is -3.53. The summed E-state index contributed by atoms with van der Waals surface area (Å²) in [6, 6.07) is 11.4. The van der Waals surface area contributed by atoms with Crippen molar-refractivity contribution in [3.05, 3.63) is 65.2 Å². The number of hydrogen-bond donors (Lipinski definition) is 5. The van der Waals surface area contributed by atoms with Gasteiger partial charge in [0.25, 0.3) is 5.91 Å². The predicted molar refractivity (Wildman–Crippen MR) is 120 cm³/mol. The van der Waals surface area contributed by atoms with Crippen LogP contribution in [0.4, 0.5) is 0 Å². The van der Waals surface area contributed by atoms with Crippen LogP contribution in [0.25, 0.3) is 0 Å². The number of thioether (sulfide) groups is 1. The van der Waals surface area contributed by atoms with Crippen molar-refractivity contribution in [2.45, 2.75) is 24.3 Å². The molecule has 0 aliphatic carbocycles. The Morgan fingerprint density at radius 1 is 1.06 bits per heavy atom. The summed E-state index contributed by atoms with van der Waals surface area (Å²) in [7, 11) is 0. The molecule has 1 heterocycles. The van der Waals surface area contributed by atoms with E-state index < -0.39 is 35.7 Å². The molecule has 0 saturated heterocycles. The monoisotopic (exact) mass is 456 g/mol. The largest absolute Gasteiger partial charge is 0.508 e. The second kappa shape index (κ2) is 10.7. The van der Waals surface area contributed by atoms with Crippen molar-refractivity contribution in [1.29, 1.82) is 0 Å². The fourth-order valence-corrected chi connectivity index (χ4v) is 4.27. The summed E-state index contributed by atoms with van der Waals surface area (Å²) in [5.74, 6) is -1.49. The highest BCUT2D eigenvalue weighted by atomic mass is 32.2. The molecule has 1 aliphatic rings. The van der Waals surface area contributed by atoms with E-state index in [1.807, 2.05) is 0 Å². The minimum atomic E-state index is -0.963. The molecule has 0 bridgehead atoms. The van der Waals surface area contributed by atoms with Gasteiger partial charge in [-0.3, -0.25) is 19.2 Å². The Morgan fingerprint density at radius 3 is 2.50 bits per heavy atom. The Kier molecular flexibility index (Phi) is 7.72. The van der Waals surface area contributed by atoms with E-state index in [2.05, 4.69) is 16.0 Å². The Balaban J connectivity index is 1.88. The summed E-state index contributed by atoms with van der Waals surface area (Å²) in [6.45, 7) is -0.369. The van der Waals surface area contributed by atoms with Gasteiger partial charge in [-0.2, -0.15) is 11.8 Å². The number of nitrogens with one attached hydrogen (secondary N) is 3. The van der Waals surface area contributed by atoms with Crippen molar-refractivity contribution in [3.8, 4) is 5.75 Å². The molecule has 6 N–H and O–H groups in total. The third-order valence-corrected chi connectivity index (χ3v) is 5.99. The third-order valence-electron chi connectivity index (χ3n) is 4.90. The summed E-state index contributed by atoms with van der Waals surface area (Å²) in [4.78, 5) is 49.8. The third kappa shape index (κ3) is 6.24. The van der Waals surface area contributed by atoms with Gasteiger partial charge in [0, 0.05) is 23.5 Å². The molecule has 32 heavy (non-hydrogen) atoms. The van der Waals surface area contributed by atoms with Crippen molar-refractivity contribution in [2.75, 3.05) is 12.3 Å². The van der Waals surface area contributed by atoms with Crippen LogP contribution in [0.15, 0.2) is 48.5 Å². The summed E-state index contributed by atoms with van der Waals surface area (Å²) in [5.41, 5.74) is 7.25. The van der Waals surface area contributed by atoms with Gasteiger partial charge in [-0.05, 0) is 29.3 Å². The molecule has 0 aromatic heterocycles. The number of nitrogens with two attached hydrogens (primary N) is 1. The van der Waals surface area contributed by atoms with Gasteiger partial charge >= 0.3 is 0 Å². The standard InChI is InChI=1S/C22H24N4O5S/c23-20(29)18-12-32-11-14-3-1-2-4-16(14)21(30)26-17(22(31)24-10-19(28)25-18)9-13-5-7-15(27)8-6-13/h1-8,17-18,27H,9-12H2,(H2,23,29)(H,24,31)(H,25,28)(H,26,30)/t17-,18-/m0/s1.